The van der Waals surface area contributed by atoms with Crippen molar-refractivity contribution >= 4 is 23.2 Å². The topological polar surface area (TPSA) is 38.7 Å². The molecule has 3 rings (SSSR count). The number of hydrogen-bond donors (Lipinski definition) is 1. The molecule has 0 saturated heterocycles. The number of alkyl halides is 3. The number of rotatable bonds is 6. The van der Waals surface area contributed by atoms with Gasteiger partial charge in [0.25, 0.3) is 0 Å². The first-order chi connectivity index (χ1) is 13.7. The lowest BCUT2D eigenvalue weighted by Crippen LogP contribution is -2.06. The SMILES string of the molecule is Oc1cc(Cl)c(OCc2cccc(OCc3cccc(C(F)(F)F)c3)c2)c(Cl)c1. The first-order valence-corrected chi connectivity index (χ1v) is 9.16. The number of ether oxygens (including phenoxy) is 2. The molecule has 0 aromatic heterocycles. The van der Waals surface area contributed by atoms with Crippen LogP contribution in [0.3, 0.4) is 0 Å². The summed E-state index contributed by atoms with van der Waals surface area (Å²) in [4.78, 5) is 0. The minimum absolute atomic E-state index is 0.0101. The third-order valence-electron chi connectivity index (χ3n) is 3.92. The zero-order valence-corrected chi connectivity index (χ0v) is 16.4. The van der Waals surface area contributed by atoms with E-state index in [-0.39, 0.29) is 34.8 Å². The normalized spacial score (nSPS) is 11.3. The van der Waals surface area contributed by atoms with E-state index in [0.717, 1.165) is 17.7 Å². The van der Waals surface area contributed by atoms with Gasteiger partial charge in [-0.15, -0.1) is 0 Å². The van der Waals surface area contributed by atoms with Crippen LogP contribution in [0, 0.1) is 0 Å². The summed E-state index contributed by atoms with van der Waals surface area (Å²) in [6, 6.07) is 14.5. The van der Waals surface area contributed by atoms with Crippen LogP contribution in [0.25, 0.3) is 0 Å². The number of phenols is 1. The molecule has 0 aliphatic carbocycles. The molecular formula is C21H15Cl2F3O3. The number of aromatic hydroxyl groups is 1. The standard InChI is InChI=1S/C21H15Cl2F3O3/c22-18-9-16(27)10-19(23)20(18)29-12-14-4-2-6-17(8-14)28-11-13-3-1-5-15(7-13)21(24,25)26/h1-10,27H,11-12H2. The Balaban J connectivity index is 1.65. The van der Waals surface area contributed by atoms with Crippen LogP contribution in [0.4, 0.5) is 13.2 Å². The second kappa shape index (κ2) is 8.84. The Bertz CT molecular complexity index is 983. The minimum atomic E-state index is -4.40. The van der Waals surface area contributed by atoms with E-state index in [4.69, 9.17) is 32.7 Å². The van der Waals surface area contributed by atoms with Crippen LogP contribution in [0.15, 0.2) is 60.7 Å². The van der Waals surface area contributed by atoms with Gasteiger partial charge < -0.3 is 14.6 Å². The predicted octanol–water partition coefficient (Wildman–Crippen LogP) is 6.88. The molecule has 0 saturated carbocycles. The Morgan fingerprint density at radius 3 is 2.03 bits per heavy atom. The van der Waals surface area contributed by atoms with Gasteiger partial charge in [-0.05, 0) is 35.4 Å². The summed E-state index contributed by atoms with van der Waals surface area (Å²) < 4.78 is 49.6. The van der Waals surface area contributed by atoms with E-state index in [1.165, 1.54) is 18.2 Å². The number of halogens is 5. The molecule has 0 unspecified atom stereocenters. The van der Waals surface area contributed by atoms with Crippen LogP contribution < -0.4 is 9.47 Å². The fourth-order valence-electron chi connectivity index (χ4n) is 2.57. The second-order valence-corrected chi connectivity index (χ2v) is 6.98. The quantitative estimate of drug-likeness (QED) is 0.452. The largest absolute Gasteiger partial charge is 0.508 e. The second-order valence-electron chi connectivity index (χ2n) is 6.16. The maximum Gasteiger partial charge on any atom is 0.416 e. The molecule has 1 N–H and O–H groups in total. The molecule has 3 aromatic rings. The smallest absolute Gasteiger partial charge is 0.416 e. The fraction of sp³-hybridized carbons (Fsp3) is 0.143. The monoisotopic (exact) mass is 442 g/mol. The highest BCUT2D eigenvalue weighted by Crippen LogP contribution is 2.37. The van der Waals surface area contributed by atoms with E-state index in [1.807, 2.05) is 0 Å². The van der Waals surface area contributed by atoms with E-state index in [9.17, 15) is 18.3 Å². The Hall–Kier alpha value is -2.57. The summed E-state index contributed by atoms with van der Waals surface area (Å²) in [5, 5.41) is 9.80. The maximum atomic E-state index is 12.8. The van der Waals surface area contributed by atoms with Crippen molar-refractivity contribution in [1.82, 2.24) is 0 Å². The lowest BCUT2D eigenvalue weighted by atomic mass is 10.1. The zero-order valence-electron chi connectivity index (χ0n) is 14.8. The van der Waals surface area contributed by atoms with Crippen LogP contribution in [-0.4, -0.2) is 5.11 Å². The van der Waals surface area contributed by atoms with E-state index < -0.39 is 11.7 Å². The van der Waals surface area contributed by atoms with Crippen LogP contribution in [0.2, 0.25) is 10.0 Å². The first-order valence-electron chi connectivity index (χ1n) is 8.41. The molecule has 0 fully saturated rings. The van der Waals surface area contributed by atoms with Gasteiger partial charge in [0.1, 0.15) is 24.7 Å². The molecule has 3 nitrogen and oxygen atoms in total. The van der Waals surface area contributed by atoms with Gasteiger partial charge in [-0.25, -0.2) is 0 Å². The zero-order chi connectivity index (χ0) is 21.0. The van der Waals surface area contributed by atoms with Crippen LogP contribution in [-0.2, 0) is 19.4 Å². The molecular weight excluding hydrogens is 428 g/mol. The van der Waals surface area contributed by atoms with Gasteiger partial charge in [-0.1, -0.05) is 47.5 Å². The van der Waals surface area contributed by atoms with E-state index in [2.05, 4.69) is 0 Å². The first kappa shape index (κ1) is 21.1. The van der Waals surface area contributed by atoms with Crippen molar-refractivity contribution in [3.8, 4) is 17.2 Å². The van der Waals surface area contributed by atoms with Gasteiger partial charge in [-0.3, -0.25) is 0 Å². The minimum Gasteiger partial charge on any atom is -0.508 e. The summed E-state index contributed by atoms with van der Waals surface area (Å²) in [5.41, 5.74) is 0.430. The highest BCUT2D eigenvalue weighted by atomic mass is 35.5. The van der Waals surface area contributed by atoms with Crippen molar-refractivity contribution in [3.63, 3.8) is 0 Å². The van der Waals surface area contributed by atoms with Crippen LogP contribution in [0.5, 0.6) is 17.2 Å². The highest BCUT2D eigenvalue weighted by Gasteiger charge is 2.30. The Morgan fingerprint density at radius 1 is 0.793 bits per heavy atom. The van der Waals surface area contributed by atoms with Crippen molar-refractivity contribution in [3.05, 3.63) is 87.4 Å². The molecule has 0 amide bonds. The number of benzene rings is 3. The van der Waals surface area contributed by atoms with E-state index in [0.29, 0.717) is 11.3 Å². The predicted molar refractivity (Wildman–Crippen MR) is 105 cm³/mol. The summed E-state index contributed by atoms with van der Waals surface area (Å²) in [6.07, 6.45) is -4.40. The number of phenolic OH excluding ortho intramolecular Hbond substituents is 1. The Morgan fingerprint density at radius 2 is 1.38 bits per heavy atom. The van der Waals surface area contributed by atoms with E-state index >= 15 is 0 Å². The van der Waals surface area contributed by atoms with Crippen molar-refractivity contribution in [2.24, 2.45) is 0 Å². The third-order valence-corrected chi connectivity index (χ3v) is 4.49. The van der Waals surface area contributed by atoms with Gasteiger partial charge >= 0.3 is 6.18 Å². The average Bonchev–Trinajstić information content (AvgIpc) is 2.65. The molecule has 152 valence electrons. The molecule has 0 radical (unpaired) electrons. The van der Waals surface area contributed by atoms with Crippen LogP contribution >= 0.6 is 23.2 Å². The van der Waals surface area contributed by atoms with Gasteiger partial charge in [-0.2, -0.15) is 13.2 Å². The van der Waals surface area contributed by atoms with E-state index in [1.54, 1.807) is 30.3 Å². The van der Waals surface area contributed by atoms with Gasteiger partial charge in [0.15, 0.2) is 5.75 Å². The van der Waals surface area contributed by atoms with Gasteiger partial charge in [0.2, 0.25) is 0 Å². The molecule has 0 bridgehead atoms. The third kappa shape index (κ3) is 5.71. The summed E-state index contributed by atoms with van der Waals surface area (Å²) in [6.45, 7) is 0.120. The Labute approximate surface area is 175 Å². The molecule has 0 spiro atoms. The molecule has 0 aliphatic heterocycles. The van der Waals surface area contributed by atoms with Crippen LogP contribution in [0.1, 0.15) is 16.7 Å². The van der Waals surface area contributed by atoms with Gasteiger partial charge in [0.05, 0.1) is 15.6 Å². The van der Waals surface area contributed by atoms with Crippen molar-refractivity contribution in [2.45, 2.75) is 19.4 Å². The van der Waals surface area contributed by atoms with Gasteiger partial charge in [0, 0.05) is 12.1 Å². The lowest BCUT2D eigenvalue weighted by Gasteiger charge is -2.12. The van der Waals surface area contributed by atoms with Crippen molar-refractivity contribution in [1.29, 1.82) is 0 Å². The maximum absolute atomic E-state index is 12.8. The fourth-order valence-corrected chi connectivity index (χ4v) is 3.15. The number of hydrogen-bond acceptors (Lipinski definition) is 3. The summed E-state index contributed by atoms with van der Waals surface area (Å²) >= 11 is 12.0. The van der Waals surface area contributed by atoms with Crippen molar-refractivity contribution < 1.29 is 27.8 Å². The summed E-state index contributed by atoms with van der Waals surface area (Å²) in [7, 11) is 0. The Kier molecular flexibility index (Phi) is 6.45. The molecule has 3 aromatic carbocycles. The molecule has 0 atom stereocenters. The molecule has 8 heteroatoms. The lowest BCUT2D eigenvalue weighted by molar-refractivity contribution is -0.137. The highest BCUT2D eigenvalue weighted by molar-refractivity contribution is 6.37. The summed E-state index contributed by atoms with van der Waals surface area (Å²) in [5.74, 6) is 0.644. The average molecular weight is 443 g/mol. The molecule has 0 aliphatic rings. The molecule has 0 heterocycles. The molecule has 29 heavy (non-hydrogen) atoms. The van der Waals surface area contributed by atoms with Crippen molar-refractivity contribution in [2.75, 3.05) is 0 Å².